The van der Waals surface area contributed by atoms with E-state index in [2.05, 4.69) is 25.7 Å². The van der Waals surface area contributed by atoms with Crippen molar-refractivity contribution in [3.8, 4) is 0 Å². The van der Waals surface area contributed by atoms with Gasteiger partial charge < -0.3 is 9.84 Å². The van der Waals surface area contributed by atoms with Gasteiger partial charge in [0.1, 0.15) is 5.60 Å². The third-order valence-electron chi connectivity index (χ3n) is 4.46. The molecule has 1 N–H and O–H groups in total. The van der Waals surface area contributed by atoms with Gasteiger partial charge in [-0.3, -0.25) is 0 Å². The van der Waals surface area contributed by atoms with E-state index in [1.807, 2.05) is 0 Å². The molecule has 2 aliphatic carbocycles. The van der Waals surface area contributed by atoms with E-state index >= 15 is 0 Å². The van der Waals surface area contributed by atoms with Crippen molar-refractivity contribution in [1.29, 1.82) is 0 Å². The van der Waals surface area contributed by atoms with Crippen molar-refractivity contribution >= 4 is 0 Å². The predicted octanol–water partition coefficient (Wildman–Crippen LogP) is 3.20. The predicted molar refractivity (Wildman–Crippen MR) is 69.4 cm³/mol. The van der Waals surface area contributed by atoms with Crippen LogP contribution in [0.3, 0.4) is 0 Å². The second-order valence-electron chi connectivity index (χ2n) is 5.43. The molecule has 0 spiro atoms. The molecule has 0 unspecified atom stereocenters. The van der Waals surface area contributed by atoms with Crippen LogP contribution in [0.4, 0.5) is 0 Å². The van der Waals surface area contributed by atoms with Crippen LogP contribution < -0.4 is 0 Å². The quantitative estimate of drug-likeness (QED) is 0.600. The van der Waals surface area contributed by atoms with Crippen molar-refractivity contribution < 1.29 is 9.84 Å². The summed E-state index contributed by atoms with van der Waals surface area (Å²) in [5, 5.41) is 10.7. The van der Waals surface area contributed by atoms with Gasteiger partial charge in [0.05, 0.1) is 13.4 Å². The summed E-state index contributed by atoms with van der Waals surface area (Å²) in [6.45, 7) is 6.06. The third-order valence-corrected chi connectivity index (χ3v) is 4.46. The van der Waals surface area contributed by atoms with Crippen molar-refractivity contribution in [2.24, 2.45) is 11.3 Å². The lowest BCUT2D eigenvalue weighted by atomic mass is 9.69. The molecule has 0 amide bonds. The molecule has 17 heavy (non-hydrogen) atoms. The van der Waals surface area contributed by atoms with E-state index in [9.17, 15) is 5.11 Å². The van der Waals surface area contributed by atoms with Crippen molar-refractivity contribution in [3.05, 3.63) is 36.6 Å². The molecule has 0 radical (unpaired) electrons. The highest BCUT2D eigenvalue weighted by atomic mass is 16.5. The van der Waals surface area contributed by atoms with Gasteiger partial charge in [-0.25, -0.2) is 0 Å². The van der Waals surface area contributed by atoms with E-state index in [1.54, 1.807) is 19.4 Å². The molecule has 0 aliphatic heterocycles. The summed E-state index contributed by atoms with van der Waals surface area (Å²) in [6, 6.07) is 0. The number of methoxy groups -OCH3 is 1. The van der Waals surface area contributed by atoms with E-state index < -0.39 is 5.60 Å². The molecule has 1 saturated carbocycles. The highest BCUT2D eigenvalue weighted by Gasteiger charge is 2.53. The summed E-state index contributed by atoms with van der Waals surface area (Å²) in [5.74, 6) is 0.331. The fourth-order valence-electron chi connectivity index (χ4n) is 3.46. The maximum Gasteiger partial charge on any atom is 0.105 e. The Balaban J connectivity index is 2.39. The molecule has 3 atom stereocenters. The summed E-state index contributed by atoms with van der Waals surface area (Å²) in [5.41, 5.74) is 0.408. The van der Waals surface area contributed by atoms with Crippen molar-refractivity contribution in [2.75, 3.05) is 7.11 Å². The minimum atomic E-state index is -0.822. The molecule has 2 nitrogen and oxygen atoms in total. The molecule has 1 fully saturated rings. The van der Waals surface area contributed by atoms with Crippen molar-refractivity contribution in [3.63, 3.8) is 0 Å². The smallest absolute Gasteiger partial charge is 0.105 e. The largest absolute Gasteiger partial charge is 0.505 e. The minimum Gasteiger partial charge on any atom is -0.505 e. The van der Waals surface area contributed by atoms with Gasteiger partial charge in [0.2, 0.25) is 0 Å². The van der Waals surface area contributed by atoms with Crippen molar-refractivity contribution in [2.45, 2.75) is 38.2 Å². The highest BCUT2D eigenvalue weighted by Crippen LogP contribution is 2.58. The number of allylic oxidation sites excluding steroid dienone is 2. The van der Waals surface area contributed by atoms with Crippen LogP contribution in [0.15, 0.2) is 36.6 Å². The first-order valence-electron chi connectivity index (χ1n) is 6.33. The zero-order chi connectivity index (χ0) is 12.5. The minimum absolute atomic E-state index is 0.0657. The lowest BCUT2D eigenvalue weighted by Gasteiger charge is -2.36. The Morgan fingerprint density at radius 3 is 3.00 bits per heavy atom. The number of fused-ring (bicyclic) bond motifs is 1. The monoisotopic (exact) mass is 234 g/mol. The van der Waals surface area contributed by atoms with Crippen molar-refractivity contribution in [1.82, 2.24) is 0 Å². The van der Waals surface area contributed by atoms with Gasteiger partial charge in [-0.2, -0.15) is 0 Å². The van der Waals surface area contributed by atoms with E-state index in [-0.39, 0.29) is 5.41 Å². The fourth-order valence-corrected chi connectivity index (χ4v) is 3.46. The second kappa shape index (κ2) is 4.34. The summed E-state index contributed by atoms with van der Waals surface area (Å²) >= 11 is 0. The zero-order valence-corrected chi connectivity index (χ0v) is 10.8. The average Bonchev–Trinajstić information content (AvgIpc) is 2.56. The summed E-state index contributed by atoms with van der Waals surface area (Å²) in [4.78, 5) is 0. The molecule has 2 aliphatic rings. The Hall–Kier alpha value is -1.02. The molecule has 0 aromatic rings. The van der Waals surface area contributed by atoms with Gasteiger partial charge in [-0.1, -0.05) is 25.7 Å². The molecule has 0 aromatic heterocycles. The Labute approximate surface area is 104 Å². The Bertz CT molecular complexity index is 369. The first kappa shape index (κ1) is 12.4. The number of rotatable bonds is 3. The number of aliphatic hydroxyl groups is 1. The molecular formula is C15H22O2. The number of ether oxygens (including phenoxy) is 1. The highest BCUT2D eigenvalue weighted by molar-refractivity contribution is 5.39. The zero-order valence-electron chi connectivity index (χ0n) is 10.8. The lowest BCUT2D eigenvalue weighted by molar-refractivity contribution is 0.130. The van der Waals surface area contributed by atoms with E-state index in [0.717, 1.165) is 24.8 Å². The van der Waals surface area contributed by atoms with Crippen LogP contribution in [0.1, 0.15) is 32.6 Å². The molecule has 94 valence electrons. The summed E-state index contributed by atoms with van der Waals surface area (Å²) in [7, 11) is 1.66. The molecule has 0 aromatic carbocycles. The van der Waals surface area contributed by atoms with Gasteiger partial charge in [0.25, 0.3) is 0 Å². The van der Waals surface area contributed by atoms with Crippen LogP contribution in [0.25, 0.3) is 0 Å². The van der Waals surface area contributed by atoms with Gasteiger partial charge in [0, 0.05) is 0 Å². The van der Waals surface area contributed by atoms with Crippen LogP contribution in [-0.4, -0.2) is 17.8 Å². The average molecular weight is 234 g/mol. The Kier molecular flexibility index (Phi) is 3.17. The molecule has 2 rings (SSSR count). The maximum absolute atomic E-state index is 10.7. The van der Waals surface area contributed by atoms with Crippen LogP contribution in [0.5, 0.6) is 0 Å². The first-order valence-corrected chi connectivity index (χ1v) is 6.33. The standard InChI is InChI=1S/C15H22O2/c1-4-15(16)11-12(8-10-17-3)14(2)9-6-5-7-13(14)15/h4,7-8,10,12,16H,1,5-6,9,11H2,2-3H3/b10-8+/t12-,14+,15+/m0/s1. The van der Waals surface area contributed by atoms with E-state index in [4.69, 9.17) is 4.74 Å². The topological polar surface area (TPSA) is 29.5 Å². The van der Waals surface area contributed by atoms with Gasteiger partial charge >= 0.3 is 0 Å². The summed E-state index contributed by atoms with van der Waals surface area (Å²) in [6.07, 6.45) is 11.9. The third kappa shape index (κ3) is 1.85. The molecule has 0 saturated heterocycles. The normalized spacial score (nSPS) is 41.1. The number of hydrogen-bond acceptors (Lipinski definition) is 2. The lowest BCUT2D eigenvalue weighted by Crippen LogP contribution is -2.30. The Morgan fingerprint density at radius 2 is 2.35 bits per heavy atom. The van der Waals surface area contributed by atoms with Crippen LogP contribution in [0, 0.1) is 11.3 Å². The maximum atomic E-state index is 10.7. The number of hydrogen-bond donors (Lipinski definition) is 1. The molecule has 2 heteroatoms. The van der Waals surface area contributed by atoms with Gasteiger partial charge in [-0.15, -0.1) is 0 Å². The molecule has 0 bridgehead atoms. The molecule has 0 heterocycles. The SMILES string of the molecule is C=C[C@@]1(O)C[C@H](/C=C/OC)[C@@]2(C)CCCC=C12. The van der Waals surface area contributed by atoms with Gasteiger partial charge in [-0.05, 0) is 48.7 Å². The molecular weight excluding hydrogens is 212 g/mol. The summed E-state index contributed by atoms with van der Waals surface area (Å²) < 4.78 is 5.02. The first-order chi connectivity index (χ1) is 8.07. The van der Waals surface area contributed by atoms with Crippen LogP contribution in [0.2, 0.25) is 0 Å². The fraction of sp³-hybridized carbons (Fsp3) is 0.600. The van der Waals surface area contributed by atoms with E-state index in [0.29, 0.717) is 5.92 Å². The van der Waals surface area contributed by atoms with E-state index in [1.165, 1.54) is 6.42 Å². The van der Waals surface area contributed by atoms with Crippen LogP contribution >= 0.6 is 0 Å². The van der Waals surface area contributed by atoms with Gasteiger partial charge in [0.15, 0.2) is 0 Å². The Morgan fingerprint density at radius 1 is 1.59 bits per heavy atom. The second-order valence-corrected chi connectivity index (χ2v) is 5.43. The van der Waals surface area contributed by atoms with Crippen LogP contribution in [-0.2, 0) is 4.74 Å².